The number of thiophene rings is 1. The van der Waals surface area contributed by atoms with Crippen molar-refractivity contribution >= 4 is 33.2 Å². The van der Waals surface area contributed by atoms with E-state index in [0.717, 1.165) is 4.88 Å². The molecule has 172 valence electrons. The van der Waals surface area contributed by atoms with Crippen LogP contribution in [0.15, 0.2) is 40.6 Å². The summed E-state index contributed by atoms with van der Waals surface area (Å²) in [6.07, 6.45) is 1.30. The molecule has 2 aliphatic heterocycles. The summed E-state index contributed by atoms with van der Waals surface area (Å²) < 4.78 is 27.7. The Bertz CT molecular complexity index is 1110. The molecule has 1 N–H and O–H groups in total. The molecule has 0 radical (unpaired) electrons. The summed E-state index contributed by atoms with van der Waals surface area (Å²) in [7, 11) is -3.59. The minimum absolute atomic E-state index is 0.0538. The molecule has 0 aliphatic carbocycles. The van der Waals surface area contributed by atoms with Crippen LogP contribution in [0.25, 0.3) is 0 Å². The molecule has 10 heteroatoms. The molecule has 2 amide bonds. The second-order valence-electron chi connectivity index (χ2n) is 8.20. The molecule has 4 rings (SSSR count). The van der Waals surface area contributed by atoms with Gasteiger partial charge in [0.05, 0.1) is 11.5 Å². The van der Waals surface area contributed by atoms with Gasteiger partial charge in [0, 0.05) is 44.1 Å². The van der Waals surface area contributed by atoms with Gasteiger partial charge in [0.1, 0.15) is 9.96 Å². The number of hydrogen-bond donors (Lipinski definition) is 1. The fraction of sp³-hybridized carbons (Fsp3) is 0.455. The normalized spacial score (nSPS) is 20.3. The molecule has 32 heavy (non-hydrogen) atoms. The second-order valence-corrected chi connectivity index (χ2v) is 11.7. The number of sulfonamides is 1. The minimum Gasteiger partial charge on any atom is -0.507 e. The predicted octanol–water partition coefficient (Wildman–Crippen LogP) is 2.15. The molecule has 2 fully saturated rings. The molecule has 0 spiro atoms. The first-order valence-electron chi connectivity index (χ1n) is 10.7. The van der Waals surface area contributed by atoms with Gasteiger partial charge < -0.3 is 14.9 Å². The molecule has 2 aromatic rings. The molecular weight excluding hydrogens is 450 g/mol. The number of nitrogens with zero attached hydrogens (tertiary/aromatic N) is 3. The fourth-order valence-corrected chi connectivity index (χ4v) is 7.21. The molecule has 1 aromatic heterocycles. The first-order chi connectivity index (χ1) is 15.3. The summed E-state index contributed by atoms with van der Waals surface area (Å²) in [5, 5.41) is 9.93. The second kappa shape index (κ2) is 9.21. The lowest BCUT2D eigenvalue weighted by Crippen LogP contribution is -2.54. The SMILES string of the molecule is Cc1ccc(S(=O)(=O)N2CCCC(C(=O)N3CCN(C(=O)c4ccccc4O)CC3)C2)s1. The van der Waals surface area contributed by atoms with E-state index in [9.17, 15) is 23.1 Å². The van der Waals surface area contributed by atoms with Crippen LogP contribution in [0, 0.1) is 12.8 Å². The third kappa shape index (κ3) is 4.53. The Kier molecular flexibility index (Phi) is 6.55. The van der Waals surface area contributed by atoms with Gasteiger partial charge in [0.25, 0.3) is 15.9 Å². The maximum atomic E-state index is 13.1. The first kappa shape index (κ1) is 22.8. The topological polar surface area (TPSA) is 98.2 Å². The number of hydrogen-bond acceptors (Lipinski definition) is 6. The number of carbonyl (C=O) groups excluding carboxylic acids is 2. The van der Waals surface area contributed by atoms with Gasteiger partial charge in [-0.2, -0.15) is 4.31 Å². The number of phenols is 1. The molecule has 8 nitrogen and oxygen atoms in total. The summed E-state index contributed by atoms with van der Waals surface area (Å²) in [4.78, 5) is 30.1. The van der Waals surface area contributed by atoms with Crippen LogP contribution in [-0.4, -0.2) is 78.7 Å². The van der Waals surface area contributed by atoms with Gasteiger partial charge in [-0.15, -0.1) is 11.3 Å². The van der Waals surface area contributed by atoms with Crippen molar-refractivity contribution in [3.05, 3.63) is 46.8 Å². The molecule has 2 aliphatic rings. The zero-order valence-corrected chi connectivity index (χ0v) is 19.6. The van der Waals surface area contributed by atoms with E-state index in [1.807, 2.05) is 6.92 Å². The number of piperidine rings is 1. The Morgan fingerprint density at radius 3 is 2.34 bits per heavy atom. The van der Waals surface area contributed by atoms with E-state index in [0.29, 0.717) is 49.8 Å². The van der Waals surface area contributed by atoms with Gasteiger partial charge >= 0.3 is 0 Å². The number of aryl methyl sites for hydroxylation is 1. The molecule has 0 bridgehead atoms. The Hall–Kier alpha value is -2.43. The van der Waals surface area contributed by atoms with Crippen molar-refractivity contribution in [1.29, 1.82) is 0 Å². The van der Waals surface area contributed by atoms with Crippen LogP contribution in [0.1, 0.15) is 28.1 Å². The minimum atomic E-state index is -3.59. The van der Waals surface area contributed by atoms with Crippen LogP contribution in [-0.2, 0) is 14.8 Å². The average Bonchev–Trinajstić information content (AvgIpc) is 3.26. The van der Waals surface area contributed by atoms with Gasteiger partial charge in [-0.3, -0.25) is 9.59 Å². The zero-order chi connectivity index (χ0) is 22.9. The third-order valence-electron chi connectivity index (χ3n) is 6.06. The molecular formula is C22H27N3O5S2. The van der Waals surface area contributed by atoms with Crippen LogP contribution in [0.2, 0.25) is 0 Å². The summed E-state index contributed by atoms with van der Waals surface area (Å²) >= 11 is 1.25. The van der Waals surface area contributed by atoms with Gasteiger partial charge in [-0.1, -0.05) is 12.1 Å². The monoisotopic (exact) mass is 477 g/mol. The van der Waals surface area contributed by atoms with Crippen molar-refractivity contribution < 1.29 is 23.1 Å². The highest BCUT2D eigenvalue weighted by atomic mass is 32.2. The third-order valence-corrected chi connectivity index (χ3v) is 9.39. The van der Waals surface area contributed by atoms with Gasteiger partial charge in [0.2, 0.25) is 5.91 Å². The number of carbonyl (C=O) groups is 2. The van der Waals surface area contributed by atoms with Gasteiger partial charge in [0.15, 0.2) is 0 Å². The van der Waals surface area contributed by atoms with E-state index in [-0.39, 0.29) is 35.6 Å². The highest BCUT2D eigenvalue weighted by Gasteiger charge is 2.36. The standard InChI is InChI=1S/C22H27N3O5S2/c1-16-8-9-20(31-16)32(29,30)25-10-4-5-17(15-25)21(27)23-11-13-24(14-12-23)22(28)18-6-2-3-7-19(18)26/h2-3,6-9,17,26H,4-5,10-15H2,1H3. The van der Waals surface area contributed by atoms with Crippen molar-refractivity contribution in [1.82, 2.24) is 14.1 Å². The van der Waals surface area contributed by atoms with Crippen LogP contribution < -0.4 is 0 Å². The van der Waals surface area contributed by atoms with Crippen LogP contribution >= 0.6 is 11.3 Å². The number of amides is 2. The Balaban J connectivity index is 1.37. The molecule has 0 saturated carbocycles. The van der Waals surface area contributed by atoms with E-state index >= 15 is 0 Å². The Morgan fingerprint density at radius 2 is 1.69 bits per heavy atom. The summed E-state index contributed by atoms with van der Waals surface area (Å²) in [5.41, 5.74) is 0.254. The smallest absolute Gasteiger partial charge is 0.257 e. The highest BCUT2D eigenvalue weighted by molar-refractivity contribution is 7.91. The number of para-hydroxylation sites is 1. The maximum Gasteiger partial charge on any atom is 0.257 e. The quantitative estimate of drug-likeness (QED) is 0.728. The number of piperazine rings is 1. The highest BCUT2D eigenvalue weighted by Crippen LogP contribution is 2.29. The number of phenolic OH excluding ortho intramolecular Hbond substituents is 1. The lowest BCUT2D eigenvalue weighted by Gasteiger charge is -2.38. The molecule has 1 unspecified atom stereocenters. The zero-order valence-electron chi connectivity index (χ0n) is 17.9. The Morgan fingerprint density at radius 1 is 1.00 bits per heavy atom. The van der Waals surface area contributed by atoms with Crippen molar-refractivity contribution in [3.8, 4) is 5.75 Å². The van der Waals surface area contributed by atoms with Gasteiger partial charge in [-0.25, -0.2) is 8.42 Å². The van der Waals surface area contributed by atoms with Crippen molar-refractivity contribution in [2.24, 2.45) is 5.92 Å². The number of aromatic hydroxyl groups is 1. The fourth-order valence-electron chi connectivity index (χ4n) is 4.25. The molecule has 2 saturated heterocycles. The van der Waals surface area contributed by atoms with E-state index in [4.69, 9.17) is 0 Å². The number of benzene rings is 1. The van der Waals surface area contributed by atoms with Gasteiger partial charge in [-0.05, 0) is 44.0 Å². The van der Waals surface area contributed by atoms with Crippen LogP contribution in [0.5, 0.6) is 5.75 Å². The largest absolute Gasteiger partial charge is 0.507 e. The molecule has 1 aromatic carbocycles. The predicted molar refractivity (Wildman–Crippen MR) is 121 cm³/mol. The van der Waals surface area contributed by atoms with E-state index in [1.54, 1.807) is 40.1 Å². The van der Waals surface area contributed by atoms with Crippen molar-refractivity contribution in [2.45, 2.75) is 24.0 Å². The van der Waals surface area contributed by atoms with E-state index in [1.165, 1.54) is 21.7 Å². The Labute approximate surface area is 192 Å². The summed E-state index contributed by atoms with van der Waals surface area (Å²) in [6.45, 7) is 4.03. The van der Waals surface area contributed by atoms with Crippen molar-refractivity contribution in [3.63, 3.8) is 0 Å². The van der Waals surface area contributed by atoms with E-state index < -0.39 is 10.0 Å². The van der Waals surface area contributed by atoms with Crippen LogP contribution in [0.3, 0.4) is 0 Å². The maximum absolute atomic E-state index is 13.1. The average molecular weight is 478 g/mol. The lowest BCUT2D eigenvalue weighted by atomic mass is 9.97. The number of rotatable bonds is 4. The molecule has 1 atom stereocenters. The summed E-state index contributed by atoms with van der Waals surface area (Å²) in [6, 6.07) is 9.85. The first-order valence-corrected chi connectivity index (χ1v) is 13.0. The lowest BCUT2D eigenvalue weighted by molar-refractivity contribution is -0.138. The molecule has 3 heterocycles. The van der Waals surface area contributed by atoms with E-state index in [2.05, 4.69) is 0 Å². The van der Waals surface area contributed by atoms with Crippen molar-refractivity contribution in [2.75, 3.05) is 39.3 Å². The summed E-state index contributed by atoms with van der Waals surface area (Å²) in [5.74, 6) is -0.737. The van der Waals surface area contributed by atoms with Crippen LogP contribution in [0.4, 0.5) is 0 Å².